The molecule has 3 aromatic heterocycles. The molecule has 0 radical (unpaired) electrons. The zero-order chi connectivity index (χ0) is 19.1. The summed E-state index contributed by atoms with van der Waals surface area (Å²) in [6.07, 6.45) is 9.71. The normalized spacial score (nSPS) is 12.1. The van der Waals surface area contributed by atoms with Gasteiger partial charge in [0.15, 0.2) is 17.4 Å². The number of hydrogen-bond donors (Lipinski definition) is 2. The van der Waals surface area contributed by atoms with Gasteiger partial charge in [0.25, 0.3) is 0 Å². The highest BCUT2D eigenvalue weighted by atomic mass is 16.5. The van der Waals surface area contributed by atoms with Gasteiger partial charge >= 0.3 is 0 Å². The van der Waals surface area contributed by atoms with E-state index in [1.54, 1.807) is 12.3 Å². The van der Waals surface area contributed by atoms with Crippen LogP contribution in [0.2, 0.25) is 0 Å². The summed E-state index contributed by atoms with van der Waals surface area (Å²) < 4.78 is 7.90. The molecule has 2 N–H and O–H groups in total. The summed E-state index contributed by atoms with van der Waals surface area (Å²) in [5.41, 5.74) is 1.69. The Bertz CT molecular complexity index is 854. The molecule has 0 unspecified atom stereocenters. The second-order valence-electron chi connectivity index (χ2n) is 6.27. The number of hydrogen-bond acceptors (Lipinski definition) is 6. The van der Waals surface area contributed by atoms with Gasteiger partial charge in [-0.1, -0.05) is 26.0 Å². The molecule has 0 amide bonds. The number of nitrogens with zero attached hydrogens (tertiary/aromatic N) is 4. The Balaban J connectivity index is 1.77. The fourth-order valence-corrected chi connectivity index (χ4v) is 2.89. The van der Waals surface area contributed by atoms with E-state index in [9.17, 15) is 5.11 Å². The van der Waals surface area contributed by atoms with Crippen molar-refractivity contribution in [1.29, 1.82) is 0 Å². The number of rotatable bonds is 10. The predicted molar refractivity (Wildman–Crippen MR) is 106 cm³/mol. The van der Waals surface area contributed by atoms with Crippen molar-refractivity contribution in [1.82, 2.24) is 19.4 Å². The number of nitrogens with one attached hydrogen (secondary N) is 1. The molecule has 0 saturated heterocycles. The molecule has 3 rings (SSSR count). The van der Waals surface area contributed by atoms with Gasteiger partial charge in [0, 0.05) is 25.0 Å². The number of ether oxygens (including phenoxy) is 1. The molecule has 0 aliphatic carbocycles. The van der Waals surface area contributed by atoms with Crippen molar-refractivity contribution in [2.24, 2.45) is 0 Å². The third kappa shape index (κ3) is 4.83. The molecular weight excluding hydrogens is 342 g/mol. The minimum Gasteiger partial charge on any atom is -0.482 e. The molecule has 1 atom stereocenters. The van der Waals surface area contributed by atoms with E-state index in [4.69, 9.17) is 4.74 Å². The lowest BCUT2D eigenvalue weighted by atomic mass is 10.1. The predicted octanol–water partition coefficient (Wildman–Crippen LogP) is 3.31. The zero-order valence-electron chi connectivity index (χ0n) is 15.5. The molecule has 27 heavy (non-hydrogen) atoms. The highest BCUT2D eigenvalue weighted by molar-refractivity contribution is 5.53. The van der Waals surface area contributed by atoms with Crippen LogP contribution < -0.4 is 10.1 Å². The lowest BCUT2D eigenvalue weighted by Crippen LogP contribution is -2.22. The first-order chi connectivity index (χ1) is 13.2. The van der Waals surface area contributed by atoms with Crippen LogP contribution in [0.5, 0.6) is 5.75 Å². The molecule has 0 spiro atoms. The van der Waals surface area contributed by atoms with Crippen molar-refractivity contribution in [2.75, 3.05) is 11.9 Å². The van der Waals surface area contributed by atoms with Gasteiger partial charge in [-0.3, -0.25) is 0 Å². The molecule has 7 nitrogen and oxygen atoms in total. The van der Waals surface area contributed by atoms with Crippen molar-refractivity contribution < 1.29 is 9.84 Å². The standard InChI is InChI=1S/C20H25N5O2/c1-3-7-15(9-11-26)23-20-17(12-21-18(4-2)24-20)27-14-16-13-25-10-6-5-8-19(25)22-16/h4-6,8,10,12-13,15,26H,2-3,7,9,11,14H2,1H3,(H,21,23,24)/t15-/m0/s1. The second kappa shape index (κ2) is 9.14. The largest absolute Gasteiger partial charge is 0.482 e. The van der Waals surface area contributed by atoms with E-state index in [0.717, 1.165) is 24.2 Å². The Morgan fingerprint density at radius 2 is 2.22 bits per heavy atom. The van der Waals surface area contributed by atoms with Crippen LogP contribution in [0.1, 0.15) is 37.7 Å². The number of fused-ring (bicyclic) bond motifs is 1. The molecule has 3 heterocycles. The third-order valence-corrected chi connectivity index (χ3v) is 4.20. The van der Waals surface area contributed by atoms with Gasteiger partial charge in [0.1, 0.15) is 12.3 Å². The average molecular weight is 367 g/mol. The average Bonchev–Trinajstić information content (AvgIpc) is 3.10. The first-order valence-electron chi connectivity index (χ1n) is 9.15. The fourth-order valence-electron chi connectivity index (χ4n) is 2.89. The van der Waals surface area contributed by atoms with Crippen molar-refractivity contribution >= 4 is 17.5 Å². The van der Waals surface area contributed by atoms with Crippen molar-refractivity contribution in [2.45, 2.75) is 38.8 Å². The van der Waals surface area contributed by atoms with E-state index in [2.05, 4.69) is 33.8 Å². The fraction of sp³-hybridized carbons (Fsp3) is 0.350. The van der Waals surface area contributed by atoms with Crippen LogP contribution in [-0.4, -0.2) is 37.1 Å². The van der Waals surface area contributed by atoms with E-state index in [1.165, 1.54) is 0 Å². The minimum absolute atomic E-state index is 0.116. The van der Waals surface area contributed by atoms with Gasteiger partial charge in [-0.2, -0.15) is 0 Å². The van der Waals surface area contributed by atoms with Crippen LogP contribution in [0.15, 0.2) is 43.4 Å². The van der Waals surface area contributed by atoms with E-state index in [0.29, 0.717) is 30.4 Å². The molecule has 7 heteroatoms. The lowest BCUT2D eigenvalue weighted by Gasteiger charge is -2.19. The van der Waals surface area contributed by atoms with Crippen LogP contribution in [0.3, 0.4) is 0 Å². The SMILES string of the molecule is C=Cc1ncc(OCc2cn3ccccc3n2)c(N[C@@H](CCC)CCO)n1. The van der Waals surface area contributed by atoms with E-state index in [1.807, 2.05) is 35.0 Å². The molecule has 0 bridgehead atoms. The van der Waals surface area contributed by atoms with Crippen LogP contribution in [-0.2, 0) is 6.61 Å². The number of imidazole rings is 1. The van der Waals surface area contributed by atoms with Gasteiger partial charge in [-0.25, -0.2) is 15.0 Å². The number of pyridine rings is 1. The summed E-state index contributed by atoms with van der Waals surface area (Å²) in [6, 6.07) is 5.97. The maximum absolute atomic E-state index is 9.30. The molecule has 0 aromatic carbocycles. The van der Waals surface area contributed by atoms with Crippen LogP contribution in [0.25, 0.3) is 11.7 Å². The van der Waals surface area contributed by atoms with Gasteiger partial charge in [-0.15, -0.1) is 0 Å². The topological polar surface area (TPSA) is 84.6 Å². The van der Waals surface area contributed by atoms with Gasteiger partial charge in [0.2, 0.25) is 0 Å². The van der Waals surface area contributed by atoms with Crippen LogP contribution >= 0.6 is 0 Å². The smallest absolute Gasteiger partial charge is 0.180 e. The lowest BCUT2D eigenvalue weighted by molar-refractivity contribution is 0.275. The Morgan fingerprint density at radius 1 is 1.33 bits per heavy atom. The maximum Gasteiger partial charge on any atom is 0.180 e. The van der Waals surface area contributed by atoms with Crippen molar-refractivity contribution in [3.8, 4) is 5.75 Å². The Kier molecular flexibility index (Phi) is 6.38. The zero-order valence-corrected chi connectivity index (χ0v) is 15.5. The molecule has 0 aliphatic rings. The molecule has 3 aromatic rings. The van der Waals surface area contributed by atoms with Crippen LogP contribution in [0.4, 0.5) is 5.82 Å². The first-order valence-corrected chi connectivity index (χ1v) is 9.15. The maximum atomic E-state index is 9.30. The molecule has 142 valence electrons. The van der Waals surface area contributed by atoms with Crippen molar-refractivity contribution in [3.05, 3.63) is 54.9 Å². The summed E-state index contributed by atoms with van der Waals surface area (Å²) in [5.74, 6) is 1.68. The van der Waals surface area contributed by atoms with E-state index >= 15 is 0 Å². The Hall–Kier alpha value is -2.93. The quantitative estimate of drug-likeness (QED) is 0.572. The van der Waals surface area contributed by atoms with Gasteiger partial charge in [-0.05, 0) is 31.1 Å². The summed E-state index contributed by atoms with van der Waals surface area (Å²) in [6.45, 7) is 6.27. The highest BCUT2D eigenvalue weighted by Crippen LogP contribution is 2.24. The second-order valence-corrected chi connectivity index (χ2v) is 6.27. The molecular formula is C20H25N5O2. The summed E-state index contributed by atoms with van der Waals surface area (Å²) in [5, 5.41) is 12.7. The van der Waals surface area contributed by atoms with Gasteiger partial charge < -0.3 is 19.6 Å². The van der Waals surface area contributed by atoms with Gasteiger partial charge in [0.05, 0.1) is 11.9 Å². The Morgan fingerprint density at radius 3 is 2.96 bits per heavy atom. The molecule has 0 fully saturated rings. The first kappa shape index (κ1) is 18.8. The third-order valence-electron chi connectivity index (χ3n) is 4.20. The summed E-state index contributed by atoms with van der Waals surface area (Å²) in [4.78, 5) is 13.3. The number of aliphatic hydroxyl groups excluding tert-OH is 1. The summed E-state index contributed by atoms with van der Waals surface area (Å²) >= 11 is 0. The monoisotopic (exact) mass is 367 g/mol. The number of aromatic nitrogens is 4. The van der Waals surface area contributed by atoms with E-state index in [-0.39, 0.29) is 12.6 Å². The van der Waals surface area contributed by atoms with Crippen molar-refractivity contribution in [3.63, 3.8) is 0 Å². The number of aliphatic hydroxyl groups is 1. The molecule has 0 saturated carbocycles. The molecule has 0 aliphatic heterocycles. The highest BCUT2D eigenvalue weighted by Gasteiger charge is 2.14. The number of anilines is 1. The Labute approximate surface area is 158 Å². The van der Waals surface area contributed by atoms with E-state index < -0.39 is 0 Å². The summed E-state index contributed by atoms with van der Waals surface area (Å²) in [7, 11) is 0. The minimum atomic E-state index is 0.116. The van der Waals surface area contributed by atoms with Crippen LogP contribution in [0, 0.1) is 0 Å².